The third kappa shape index (κ3) is 2.79. The maximum Gasteiger partial charge on any atom is 0.124 e. The lowest BCUT2D eigenvalue weighted by atomic mass is 9.98. The SMILES string of the molecule is Cc1cc(OCC2CC2)c(C(N)CN)c(C)c1Cl. The lowest BCUT2D eigenvalue weighted by Gasteiger charge is -2.20. The van der Waals surface area contributed by atoms with Gasteiger partial charge in [0, 0.05) is 23.2 Å². The molecule has 0 aliphatic heterocycles. The summed E-state index contributed by atoms with van der Waals surface area (Å²) in [5.41, 5.74) is 14.7. The van der Waals surface area contributed by atoms with Gasteiger partial charge in [-0.15, -0.1) is 0 Å². The third-order valence-electron chi connectivity index (χ3n) is 3.49. The van der Waals surface area contributed by atoms with Gasteiger partial charge >= 0.3 is 0 Å². The highest BCUT2D eigenvalue weighted by molar-refractivity contribution is 6.32. The van der Waals surface area contributed by atoms with Crippen molar-refractivity contribution < 1.29 is 4.74 Å². The van der Waals surface area contributed by atoms with E-state index in [4.69, 9.17) is 27.8 Å². The van der Waals surface area contributed by atoms with E-state index in [-0.39, 0.29) is 6.04 Å². The van der Waals surface area contributed by atoms with Crippen LogP contribution in [0.3, 0.4) is 0 Å². The van der Waals surface area contributed by atoms with Crippen molar-refractivity contribution in [2.45, 2.75) is 32.7 Å². The van der Waals surface area contributed by atoms with Crippen LogP contribution in [0.2, 0.25) is 5.02 Å². The maximum atomic E-state index is 6.28. The first kappa shape index (κ1) is 13.7. The lowest BCUT2D eigenvalue weighted by molar-refractivity contribution is 0.294. The van der Waals surface area contributed by atoms with Crippen LogP contribution in [0.15, 0.2) is 6.07 Å². The molecule has 0 amide bonds. The van der Waals surface area contributed by atoms with E-state index in [9.17, 15) is 0 Å². The fraction of sp³-hybridized carbons (Fsp3) is 0.571. The number of hydrogen-bond acceptors (Lipinski definition) is 3. The molecule has 1 saturated carbocycles. The summed E-state index contributed by atoms with van der Waals surface area (Å²) in [5.74, 6) is 1.56. The molecule has 100 valence electrons. The number of rotatable bonds is 5. The quantitative estimate of drug-likeness (QED) is 0.863. The van der Waals surface area contributed by atoms with Crippen LogP contribution in [-0.4, -0.2) is 13.2 Å². The highest BCUT2D eigenvalue weighted by Crippen LogP contribution is 2.36. The van der Waals surface area contributed by atoms with Gasteiger partial charge in [-0.05, 0) is 49.8 Å². The van der Waals surface area contributed by atoms with Crippen LogP contribution in [-0.2, 0) is 0 Å². The van der Waals surface area contributed by atoms with Gasteiger partial charge in [0.2, 0.25) is 0 Å². The first-order valence-corrected chi connectivity index (χ1v) is 6.80. The molecule has 0 saturated heterocycles. The number of hydrogen-bond donors (Lipinski definition) is 2. The molecule has 1 aromatic carbocycles. The van der Waals surface area contributed by atoms with Crippen LogP contribution in [0.25, 0.3) is 0 Å². The van der Waals surface area contributed by atoms with Crippen molar-refractivity contribution in [1.82, 2.24) is 0 Å². The summed E-state index contributed by atoms with van der Waals surface area (Å²) >= 11 is 6.28. The van der Waals surface area contributed by atoms with Crippen molar-refractivity contribution in [3.05, 3.63) is 27.8 Å². The van der Waals surface area contributed by atoms with Gasteiger partial charge in [-0.3, -0.25) is 0 Å². The Balaban J connectivity index is 2.33. The van der Waals surface area contributed by atoms with Crippen molar-refractivity contribution in [3.8, 4) is 5.75 Å². The molecular weight excluding hydrogens is 248 g/mol. The smallest absolute Gasteiger partial charge is 0.124 e. The molecule has 0 heterocycles. The van der Waals surface area contributed by atoms with Gasteiger partial charge in [-0.2, -0.15) is 0 Å². The Labute approximate surface area is 113 Å². The summed E-state index contributed by atoms with van der Waals surface area (Å²) in [6.07, 6.45) is 2.54. The van der Waals surface area contributed by atoms with E-state index in [1.54, 1.807) is 0 Å². The Kier molecular flexibility index (Phi) is 4.15. The highest BCUT2D eigenvalue weighted by atomic mass is 35.5. The molecule has 0 radical (unpaired) electrons. The van der Waals surface area contributed by atoms with Gasteiger partial charge in [0.1, 0.15) is 5.75 Å². The summed E-state index contributed by atoms with van der Waals surface area (Å²) in [5, 5.41) is 0.757. The van der Waals surface area contributed by atoms with Crippen molar-refractivity contribution in [2.75, 3.05) is 13.2 Å². The van der Waals surface area contributed by atoms with E-state index in [0.717, 1.165) is 34.1 Å². The van der Waals surface area contributed by atoms with Crippen LogP contribution in [0.1, 0.15) is 35.6 Å². The van der Waals surface area contributed by atoms with E-state index in [0.29, 0.717) is 12.5 Å². The Morgan fingerprint density at radius 3 is 2.67 bits per heavy atom. The number of nitrogens with two attached hydrogens (primary N) is 2. The van der Waals surface area contributed by atoms with Gasteiger partial charge in [0.05, 0.1) is 6.61 Å². The molecule has 1 atom stereocenters. The van der Waals surface area contributed by atoms with Crippen molar-refractivity contribution >= 4 is 11.6 Å². The van der Waals surface area contributed by atoms with Gasteiger partial charge in [0.25, 0.3) is 0 Å². The summed E-state index contributed by atoms with van der Waals surface area (Å²) < 4.78 is 5.91. The van der Waals surface area contributed by atoms with Crippen LogP contribution < -0.4 is 16.2 Å². The lowest BCUT2D eigenvalue weighted by Crippen LogP contribution is -2.23. The molecule has 3 nitrogen and oxygen atoms in total. The Morgan fingerprint density at radius 2 is 2.11 bits per heavy atom. The van der Waals surface area contributed by atoms with E-state index in [1.807, 2.05) is 19.9 Å². The Morgan fingerprint density at radius 1 is 1.44 bits per heavy atom. The molecule has 1 aromatic rings. The predicted octanol–water partition coefficient (Wildman–Crippen LogP) is 2.70. The number of ether oxygens (including phenoxy) is 1. The maximum absolute atomic E-state index is 6.28. The zero-order valence-electron chi connectivity index (χ0n) is 11.0. The molecule has 2 rings (SSSR count). The van der Waals surface area contributed by atoms with Crippen LogP contribution in [0.4, 0.5) is 0 Å². The molecule has 1 unspecified atom stereocenters. The predicted molar refractivity (Wildman–Crippen MR) is 75.1 cm³/mol. The molecule has 1 fully saturated rings. The van der Waals surface area contributed by atoms with E-state index in [2.05, 4.69) is 0 Å². The summed E-state index contributed by atoms with van der Waals surface area (Å²) in [4.78, 5) is 0. The van der Waals surface area contributed by atoms with E-state index < -0.39 is 0 Å². The fourth-order valence-corrected chi connectivity index (χ4v) is 2.28. The largest absolute Gasteiger partial charge is 0.493 e. The molecule has 0 aromatic heterocycles. The van der Waals surface area contributed by atoms with Gasteiger partial charge in [-0.25, -0.2) is 0 Å². The summed E-state index contributed by atoms with van der Waals surface area (Å²) in [6, 6.07) is 1.75. The first-order valence-electron chi connectivity index (χ1n) is 6.42. The van der Waals surface area contributed by atoms with Crippen molar-refractivity contribution in [1.29, 1.82) is 0 Å². The van der Waals surface area contributed by atoms with Crippen molar-refractivity contribution in [2.24, 2.45) is 17.4 Å². The van der Waals surface area contributed by atoms with Gasteiger partial charge < -0.3 is 16.2 Å². The van der Waals surface area contributed by atoms with E-state index >= 15 is 0 Å². The number of halogens is 1. The van der Waals surface area contributed by atoms with Crippen LogP contribution in [0.5, 0.6) is 5.75 Å². The zero-order chi connectivity index (χ0) is 13.3. The molecule has 0 bridgehead atoms. The monoisotopic (exact) mass is 268 g/mol. The number of aryl methyl sites for hydroxylation is 1. The Bertz CT molecular complexity index is 444. The molecule has 4 heteroatoms. The van der Waals surface area contributed by atoms with Crippen molar-refractivity contribution in [3.63, 3.8) is 0 Å². The molecule has 1 aliphatic rings. The average molecular weight is 269 g/mol. The average Bonchev–Trinajstić information content (AvgIpc) is 3.16. The third-order valence-corrected chi connectivity index (χ3v) is 4.07. The molecular formula is C14H21ClN2O. The minimum absolute atomic E-state index is 0.225. The van der Waals surface area contributed by atoms with Gasteiger partial charge in [-0.1, -0.05) is 11.6 Å². The normalized spacial score (nSPS) is 16.7. The van der Waals surface area contributed by atoms with E-state index in [1.165, 1.54) is 12.8 Å². The van der Waals surface area contributed by atoms with Crippen LogP contribution >= 0.6 is 11.6 Å². The zero-order valence-corrected chi connectivity index (χ0v) is 11.8. The fourth-order valence-electron chi connectivity index (χ4n) is 2.13. The Hall–Kier alpha value is -0.770. The summed E-state index contributed by atoms with van der Waals surface area (Å²) in [6.45, 7) is 5.12. The molecule has 18 heavy (non-hydrogen) atoms. The van der Waals surface area contributed by atoms with Gasteiger partial charge in [0.15, 0.2) is 0 Å². The summed E-state index contributed by atoms with van der Waals surface area (Å²) in [7, 11) is 0. The molecule has 0 spiro atoms. The second kappa shape index (κ2) is 5.47. The number of benzene rings is 1. The molecule has 4 N–H and O–H groups in total. The minimum Gasteiger partial charge on any atom is -0.493 e. The first-order chi connectivity index (χ1) is 8.54. The highest BCUT2D eigenvalue weighted by Gasteiger charge is 2.24. The topological polar surface area (TPSA) is 61.3 Å². The second-order valence-corrected chi connectivity index (χ2v) is 5.52. The minimum atomic E-state index is -0.225. The van der Waals surface area contributed by atoms with Crippen LogP contribution in [0, 0.1) is 19.8 Å². The molecule has 1 aliphatic carbocycles. The second-order valence-electron chi connectivity index (χ2n) is 5.14. The standard InChI is InChI=1S/C14H21ClN2O/c1-8-5-12(18-7-10-3-4-10)13(11(17)6-16)9(2)14(8)15/h5,10-11H,3-4,6-7,16-17H2,1-2H3.